The van der Waals surface area contributed by atoms with Gasteiger partial charge in [0, 0.05) is 40.3 Å². The van der Waals surface area contributed by atoms with Gasteiger partial charge < -0.3 is 10.0 Å². The van der Waals surface area contributed by atoms with E-state index in [1.165, 1.54) is 10.6 Å². The number of likely N-dealkylation sites (tertiary alicyclic amines) is 1. The van der Waals surface area contributed by atoms with Crippen molar-refractivity contribution < 1.29 is 18.3 Å². The van der Waals surface area contributed by atoms with E-state index in [4.69, 9.17) is 0 Å². The topological polar surface area (TPSA) is 81.2 Å². The highest BCUT2D eigenvalue weighted by molar-refractivity contribution is 7.88. The van der Waals surface area contributed by atoms with Gasteiger partial charge in [-0.15, -0.1) is 0 Å². The van der Waals surface area contributed by atoms with E-state index < -0.39 is 10.0 Å². The average molecular weight is 460 g/mol. The lowest BCUT2D eigenvalue weighted by Gasteiger charge is -2.32. The van der Waals surface area contributed by atoms with E-state index in [1.807, 2.05) is 61.6 Å². The van der Waals surface area contributed by atoms with Crippen LogP contribution < -0.4 is 0 Å². The number of rotatable bonds is 9. The van der Waals surface area contributed by atoms with Crippen LogP contribution in [-0.2, 0) is 27.8 Å². The van der Waals surface area contributed by atoms with Crippen LogP contribution in [-0.4, -0.2) is 79.6 Å². The van der Waals surface area contributed by atoms with Crippen LogP contribution in [0.2, 0.25) is 0 Å². The molecule has 0 aromatic heterocycles. The van der Waals surface area contributed by atoms with Gasteiger partial charge in [-0.25, -0.2) is 12.7 Å². The second kappa shape index (κ2) is 10.6. The molecule has 7 nitrogen and oxygen atoms in total. The SMILES string of the molecule is CN(C(=O)Cc1ccc(CN(C)S(C)(=O)=O)cc1)[C@H](CN1CC[C@H](O)C1)c1ccccc1. The van der Waals surface area contributed by atoms with Gasteiger partial charge in [-0.1, -0.05) is 54.6 Å². The summed E-state index contributed by atoms with van der Waals surface area (Å²) in [6.07, 6.45) is 1.92. The molecule has 1 amide bonds. The van der Waals surface area contributed by atoms with Crippen LogP contribution >= 0.6 is 0 Å². The summed E-state index contributed by atoms with van der Waals surface area (Å²) < 4.78 is 24.5. The molecule has 3 rings (SSSR count). The summed E-state index contributed by atoms with van der Waals surface area (Å²) in [4.78, 5) is 17.1. The summed E-state index contributed by atoms with van der Waals surface area (Å²) in [6.45, 7) is 2.44. The molecule has 8 heteroatoms. The number of benzene rings is 2. The maximum absolute atomic E-state index is 13.1. The Morgan fingerprint density at radius 3 is 2.28 bits per heavy atom. The molecule has 32 heavy (non-hydrogen) atoms. The Morgan fingerprint density at radius 1 is 1.09 bits per heavy atom. The van der Waals surface area contributed by atoms with Gasteiger partial charge in [-0.05, 0) is 23.1 Å². The third-order valence-corrected chi connectivity index (χ3v) is 7.34. The minimum Gasteiger partial charge on any atom is -0.392 e. The van der Waals surface area contributed by atoms with Crippen molar-refractivity contribution in [1.29, 1.82) is 0 Å². The second-order valence-electron chi connectivity index (χ2n) is 8.65. The van der Waals surface area contributed by atoms with Crippen molar-refractivity contribution in [3.8, 4) is 0 Å². The molecule has 0 unspecified atom stereocenters. The molecule has 0 radical (unpaired) electrons. The van der Waals surface area contributed by atoms with Crippen LogP contribution in [0.25, 0.3) is 0 Å². The lowest BCUT2D eigenvalue weighted by Crippen LogP contribution is -2.39. The molecule has 1 aliphatic heterocycles. The van der Waals surface area contributed by atoms with E-state index in [1.54, 1.807) is 11.9 Å². The first-order valence-electron chi connectivity index (χ1n) is 10.8. The van der Waals surface area contributed by atoms with E-state index in [-0.39, 0.29) is 24.5 Å². The summed E-state index contributed by atoms with van der Waals surface area (Å²) in [5.74, 6) is 0.0135. The molecule has 1 heterocycles. The molecule has 1 saturated heterocycles. The van der Waals surface area contributed by atoms with E-state index in [9.17, 15) is 18.3 Å². The number of aliphatic hydroxyl groups excluding tert-OH is 1. The Balaban J connectivity index is 1.67. The molecule has 1 fully saturated rings. The third-order valence-electron chi connectivity index (χ3n) is 6.07. The zero-order chi connectivity index (χ0) is 23.3. The van der Waals surface area contributed by atoms with Crippen molar-refractivity contribution >= 4 is 15.9 Å². The number of sulfonamides is 1. The standard InChI is InChI=1S/C24H33N3O4S/c1-25(32(3,30)31)16-20-11-9-19(10-12-20)15-24(29)26(2)23(21-7-5-4-6-8-21)18-27-14-13-22(28)17-27/h4-12,22-23,28H,13-18H2,1-3H3/t22-,23+/m0/s1. The lowest BCUT2D eigenvalue weighted by atomic mass is 10.0. The number of carbonyl (C=O) groups is 1. The lowest BCUT2D eigenvalue weighted by molar-refractivity contribution is -0.131. The van der Waals surface area contributed by atoms with Crippen LogP contribution in [0.1, 0.15) is 29.2 Å². The van der Waals surface area contributed by atoms with E-state index in [2.05, 4.69) is 4.90 Å². The van der Waals surface area contributed by atoms with Crippen LogP contribution in [0.4, 0.5) is 0 Å². The largest absolute Gasteiger partial charge is 0.392 e. The maximum atomic E-state index is 13.1. The van der Waals surface area contributed by atoms with Crippen molar-refractivity contribution in [2.24, 2.45) is 0 Å². The highest BCUT2D eigenvalue weighted by Gasteiger charge is 2.28. The molecular formula is C24H33N3O4S. The van der Waals surface area contributed by atoms with Crippen molar-refractivity contribution in [2.75, 3.05) is 40.0 Å². The van der Waals surface area contributed by atoms with E-state index in [0.717, 1.165) is 29.7 Å². The summed E-state index contributed by atoms with van der Waals surface area (Å²) in [5.41, 5.74) is 2.83. The first-order valence-corrected chi connectivity index (χ1v) is 12.7. The number of amides is 1. The smallest absolute Gasteiger partial charge is 0.227 e. The minimum atomic E-state index is -3.24. The number of hydrogen-bond donors (Lipinski definition) is 1. The molecule has 2 atom stereocenters. The van der Waals surface area contributed by atoms with Crippen molar-refractivity contribution in [1.82, 2.24) is 14.1 Å². The molecule has 0 bridgehead atoms. The van der Waals surface area contributed by atoms with E-state index in [0.29, 0.717) is 19.6 Å². The molecule has 0 saturated carbocycles. The Kier molecular flexibility index (Phi) is 8.05. The van der Waals surface area contributed by atoms with Crippen LogP contribution in [0, 0.1) is 0 Å². The summed E-state index contributed by atoms with van der Waals surface area (Å²) in [5, 5.41) is 9.89. The predicted molar refractivity (Wildman–Crippen MR) is 125 cm³/mol. The quantitative estimate of drug-likeness (QED) is 0.619. The van der Waals surface area contributed by atoms with Gasteiger partial charge in [-0.3, -0.25) is 9.69 Å². The monoisotopic (exact) mass is 459 g/mol. The van der Waals surface area contributed by atoms with Gasteiger partial charge in [0.1, 0.15) is 0 Å². The number of hydrogen-bond acceptors (Lipinski definition) is 5. The number of β-amino-alcohol motifs (C(OH)–C–C–N with tert-alkyl or cyclic N) is 1. The first-order chi connectivity index (χ1) is 15.1. The van der Waals surface area contributed by atoms with Gasteiger partial charge in [0.25, 0.3) is 0 Å². The van der Waals surface area contributed by atoms with Crippen LogP contribution in [0.5, 0.6) is 0 Å². The molecular weight excluding hydrogens is 426 g/mol. The minimum absolute atomic E-state index is 0.0135. The Hall–Kier alpha value is -2.26. The summed E-state index contributed by atoms with van der Waals surface area (Å²) >= 11 is 0. The Bertz CT molecular complexity index is 996. The van der Waals surface area contributed by atoms with Crippen LogP contribution in [0.3, 0.4) is 0 Å². The zero-order valence-corrected chi connectivity index (χ0v) is 19.8. The number of likely N-dealkylation sites (N-methyl/N-ethyl adjacent to an activating group) is 1. The van der Waals surface area contributed by atoms with Crippen molar-refractivity contribution in [3.63, 3.8) is 0 Å². The van der Waals surface area contributed by atoms with Crippen LogP contribution in [0.15, 0.2) is 54.6 Å². The first kappa shape index (κ1) is 24.4. The molecule has 174 valence electrons. The molecule has 1 N–H and O–H groups in total. The van der Waals surface area contributed by atoms with Gasteiger partial charge in [0.05, 0.1) is 24.8 Å². The molecule has 2 aromatic rings. The molecule has 1 aliphatic rings. The fraction of sp³-hybridized carbons (Fsp3) is 0.458. The average Bonchev–Trinajstić information content (AvgIpc) is 3.17. The molecule has 2 aromatic carbocycles. The summed E-state index contributed by atoms with van der Waals surface area (Å²) in [6, 6.07) is 17.4. The third kappa shape index (κ3) is 6.62. The van der Waals surface area contributed by atoms with E-state index >= 15 is 0 Å². The van der Waals surface area contributed by atoms with Crippen molar-refractivity contribution in [2.45, 2.75) is 31.5 Å². The highest BCUT2D eigenvalue weighted by atomic mass is 32.2. The normalized spacial score (nSPS) is 18.1. The zero-order valence-electron chi connectivity index (χ0n) is 19.0. The maximum Gasteiger partial charge on any atom is 0.227 e. The predicted octanol–water partition coefficient (Wildman–Crippen LogP) is 1.89. The van der Waals surface area contributed by atoms with Gasteiger partial charge >= 0.3 is 0 Å². The van der Waals surface area contributed by atoms with Gasteiger partial charge in [0.15, 0.2) is 0 Å². The van der Waals surface area contributed by atoms with Crippen molar-refractivity contribution in [3.05, 3.63) is 71.3 Å². The molecule has 0 aliphatic carbocycles. The molecule has 0 spiro atoms. The number of nitrogens with zero attached hydrogens (tertiary/aromatic N) is 3. The Morgan fingerprint density at radius 2 is 1.72 bits per heavy atom. The summed E-state index contributed by atoms with van der Waals surface area (Å²) in [7, 11) is 0.144. The Labute approximate surface area is 191 Å². The highest BCUT2D eigenvalue weighted by Crippen LogP contribution is 2.24. The number of aliphatic hydroxyl groups is 1. The second-order valence-corrected chi connectivity index (χ2v) is 10.7. The van der Waals surface area contributed by atoms with Gasteiger partial charge in [0.2, 0.25) is 15.9 Å². The fourth-order valence-electron chi connectivity index (χ4n) is 3.96. The number of carbonyl (C=O) groups excluding carboxylic acids is 1. The fourth-order valence-corrected chi connectivity index (χ4v) is 4.34. The van der Waals surface area contributed by atoms with Gasteiger partial charge in [-0.2, -0.15) is 0 Å².